The molecule has 23 heavy (non-hydrogen) atoms. The molecule has 0 radical (unpaired) electrons. The molecule has 0 bridgehead atoms. The number of hydrogen-bond acceptors (Lipinski definition) is 2. The van der Waals surface area contributed by atoms with E-state index in [1.165, 1.54) is 0 Å². The first-order valence-corrected chi connectivity index (χ1v) is 7.11. The molecule has 0 unspecified atom stereocenters. The summed E-state index contributed by atoms with van der Waals surface area (Å²) in [6.45, 7) is 0. The van der Waals surface area contributed by atoms with Crippen LogP contribution in [0.5, 0.6) is 0 Å². The van der Waals surface area contributed by atoms with Crippen LogP contribution in [0.3, 0.4) is 0 Å². The SMILES string of the molecule is O=C(Nc1ccc(Nc2ccc(F)c(F)c2F)cc1)NC1CC1. The molecule has 1 aliphatic rings. The number of carbonyl (C=O) groups is 1. The van der Waals surface area contributed by atoms with E-state index in [9.17, 15) is 18.0 Å². The minimum Gasteiger partial charge on any atom is -0.353 e. The van der Waals surface area contributed by atoms with Crippen molar-refractivity contribution < 1.29 is 18.0 Å². The van der Waals surface area contributed by atoms with Gasteiger partial charge in [0, 0.05) is 17.4 Å². The number of benzene rings is 2. The molecule has 1 fully saturated rings. The van der Waals surface area contributed by atoms with Crippen molar-refractivity contribution in [3.63, 3.8) is 0 Å². The molecule has 0 saturated heterocycles. The first-order chi connectivity index (χ1) is 11.0. The maximum Gasteiger partial charge on any atom is 0.319 e. The lowest BCUT2D eigenvalue weighted by Crippen LogP contribution is -2.30. The summed E-state index contributed by atoms with van der Waals surface area (Å²) in [6.07, 6.45) is 1.99. The largest absolute Gasteiger partial charge is 0.353 e. The molecule has 0 heterocycles. The van der Waals surface area contributed by atoms with Gasteiger partial charge in [0.05, 0.1) is 5.69 Å². The molecule has 0 aromatic heterocycles. The smallest absolute Gasteiger partial charge is 0.319 e. The summed E-state index contributed by atoms with van der Waals surface area (Å²) in [5.41, 5.74) is 0.874. The van der Waals surface area contributed by atoms with Crippen LogP contribution < -0.4 is 16.0 Å². The summed E-state index contributed by atoms with van der Waals surface area (Å²) in [5.74, 6) is -4.05. The van der Waals surface area contributed by atoms with E-state index in [-0.39, 0.29) is 17.8 Å². The molecule has 1 saturated carbocycles. The van der Waals surface area contributed by atoms with Gasteiger partial charge in [0.25, 0.3) is 0 Å². The third-order valence-corrected chi connectivity index (χ3v) is 3.37. The zero-order valence-corrected chi connectivity index (χ0v) is 12.0. The van der Waals surface area contributed by atoms with Gasteiger partial charge in [-0.2, -0.15) is 0 Å². The Morgan fingerprint density at radius 2 is 1.57 bits per heavy atom. The van der Waals surface area contributed by atoms with Crippen molar-refractivity contribution in [1.82, 2.24) is 5.32 Å². The van der Waals surface area contributed by atoms with Crippen molar-refractivity contribution in [2.24, 2.45) is 0 Å². The van der Waals surface area contributed by atoms with Gasteiger partial charge in [0.1, 0.15) is 0 Å². The van der Waals surface area contributed by atoms with Crippen molar-refractivity contribution in [3.8, 4) is 0 Å². The Morgan fingerprint density at radius 3 is 2.22 bits per heavy atom. The van der Waals surface area contributed by atoms with E-state index in [4.69, 9.17) is 0 Å². The third kappa shape index (κ3) is 3.74. The second-order valence-electron chi connectivity index (χ2n) is 5.30. The van der Waals surface area contributed by atoms with Crippen LogP contribution in [0.15, 0.2) is 36.4 Å². The molecule has 3 N–H and O–H groups in total. The molecule has 0 aliphatic heterocycles. The Balaban J connectivity index is 1.65. The number of rotatable bonds is 4. The molecule has 4 nitrogen and oxygen atoms in total. The number of carbonyl (C=O) groups excluding carboxylic acids is 1. The average Bonchev–Trinajstić information content (AvgIpc) is 3.33. The lowest BCUT2D eigenvalue weighted by molar-refractivity contribution is 0.251. The lowest BCUT2D eigenvalue weighted by Gasteiger charge is -2.10. The van der Waals surface area contributed by atoms with Gasteiger partial charge in [0.15, 0.2) is 17.5 Å². The molecular formula is C16H14F3N3O. The molecule has 120 valence electrons. The summed E-state index contributed by atoms with van der Waals surface area (Å²) in [7, 11) is 0. The van der Waals surface area contributed by atoms with Crippen LogP contribution in [0.25, 0.3) is 0 Å². The fourth-order valence-electron chi connectivity index (χ4n) is 2.00. The van der Waals surface area contributed by atoms with Crippen molar-refractivity contribution in [1.29, 1.82) is 0 Å². The number of nitrogens with one attached hydrogen (secondary N) is 3. The molecule has 0 spiro atoms. The van der Waals surface area contributed by atoms with Crippen LogP contribution >= 0.6 is 0 Å². The molecule has 2 aromatic rings. The van der Waals surface area contributed by atoms with Gasteiger partial charge in [-0.05, 0) is 49.2 Å². The number of urea groups is 1. The molecular weight excluding hydrogens is 307 g/mol. The van der Waals surface area contributed by atoms with E-state index in [1.54, 1.807) is 24.3 Å². The van der Waals surface area contributed by atoms with Crippen molar-refractivity contribution >= 4 is 23.1 Å². The fraction of sp³-hybridized carbons (Fsp3) is 0.188. The second-order valence-corrected chi connectivity index (χ2v) is 5.30. The van der Waals surface area contributed by atoms with Crippen LogP contribution in [0.2, 0.25) is 0 Å². The minimum atomic E-state index is -1.52. The van der Waals surface area contributed by atoms with Crippen LogP contribution in [-0.4, -0.2) is 12.1 Å². The van der Waals surface area contributed by atoms with Gasteiger partial charge >= 0.3 is 6.03 Å². The summed E-state index contributed by atoms with van der Waals surface area (Å²) >= 11 is 0. The van der Waals surface area contributed by atoms with Crippen molar-refractivity contribution in [3.05, 3.63) is 53.8 Å². The first-order valence-electron chi connectivity index (χ1n) is 7.11. The quantitative estimate of drug-likeness (QED) is 0.742. The second kappa shape index (κ2) is 6.20. The Morgan fingerprint density at radius 1 is 0.913 bits per heavy atom. The van der Waals surface area contributed by atoms with E-state index in [0.717, 1.165) is 25.0 Å². The highest BCUT2D eigenvalue weighted by Gasteiger charge is 2.23. The summed E-state index contributed by atoms with van der Waals surface area (Å²) in [5, 5.41) is 8.11. The number of anilines is 3. The predicted molar refractivity (Wildman–Crippen MR) is 81.2 cm³/mol. The average molecular weight is 321 g/mol. The monoisotopic (exact) mass is 321 g/mol. The Labute approximate surface area is 130 Å². The minimum absolute atomic E-state index is 0.170. The van der Waals surface area contributed by atoms with Crippen molar-refractivity contribution in [2.75, 3.05) is 10.6 Å². The Bertz CT molecular complexity index is 730. The zero-order chi connectivity index (χ0) is 16.4. The first kappa shape index (κ1) is 15.2. The van der Waals surface area contributed by atoms with E-state index in [2.05, 4.69) is 16.0 Å². The molecule has 2 aromatic carbocycles. The van der Waals surface area contributed by atoms with Crippen LogP contribution in [-0.2, 0) is 0 Å². The Kier molecular flexibility index (Phi) is 4.10. The van der Waals surface area contributed by atoms with Gasteiger partial charge in [0.2, 0.25) is 0 Å². The van der Waals surface area contributed by atoms with E-state index in [1.807, 2.05) is 0 Å². The van der Waals surface area contributed by atoms with Gasteiger partial charge < -0.3 is 16.0 Å². The molecule has 3 rings (SSSR count). The summed E-state index contributed by atoms with van der Waals surface area (Å²) in [6, 6.07) is 8.36. The van der Waals surface area contributed by atoms with E-state index < -0.39 is 17.5 Å². The van der Waals surface area contributed by atoms with E-state index in [0.29, 0.717) is 11.4 Å². The van der Waals surface area contributed by atoms with Gasteiger partial charge in [-0.3, -0.25) is 0 Å². The van der Waals surface area contributed by atoms with Crippen LogP contribution in [0.4, 0.5) is 35.0 Å². The summed E-state index contributed by atoms with van der Waals surface area (Å²) < 4.78 is 39.6. The standard InChI is InChI=1S/C16H14F3N3O/c17-12-7-8-13(15(19)14(12)18)20-9-1-3-10(4-2-9)21-16(23)22-11-5-6-11/h1-4,7-8,11,20H,5-6H2,(H2,21,22,23). The molecule has 7 heteroatoms. The normalized spacial score (nSPS) is 13.5. The number of amides is 2. The fourth-order valence-corrected chi connectivity index (χ4v) is 2.00. The number of halogens is 3. The highest BCUT2D eigenvalue weighted by atomic mass is 19.2. The maximum atomic E-state index is 13.6. The molecule has 1 aliphatic carbocycles. The van der Waals surface area contributed by atoms with Gasteiger partial charge in [-0.25, -0.2) is 18.0 Å². The lowest BCUT2D eigenvalue weighted by atomic mass is 10.2. The number of hydrogen-bond donors (Lipinski definition) is 3. The van der Waals surface area contributed by atoms with Gasteiger partial charge in [-0.1, -0.05) is 0 Å². The topological polar surface area (TPSA) is 53.2 Å². The van der Waals surface area contributed by atoms with Crippen LogP contribution in [0, 0.1) is 17.5 Å². The zero-order valence-electron chi connectivity index (χ0n) is 12.0. The maximum absolute atomic E-state index is 13.6. The van der Waals surface area contributed by atoms with E-state index >= 15 is 0 Å². The third-order valence-electron chi connectivity index (χ3n) is 3.37. The van der Waals surface area contributed by atoms with Gasteiger partial charge in [-0.15, -0.1) is 0 Å². The molecule has 2 amide bonds. The summed E-state index contributed by atoms with van der Waals surface area (Å²) in [4.78, 5) is 11.6. The molecule has 0 atom stereocenters. The highest BCUT2D eigenvalue weighted by Crippen LogP contribution is 2.24. The highest BCUT2D eigenvalue weighted by molar-refractivity contribution is 5.89. The van der Waals surface area contributed by atoms with Crippen molar-refractivity contribution in [2.45, 2.75) is 18.9 Å². The predicted octanol–water partition coefficient (Wildman–Crippen LogP) is 4.13. The Hall–Kier alpha value is -2.70. The van der Waals surface area contributed by atoms with Crippen LogP contribution in [0.1, 0.15) is 12.8 Å².